The maximum Gasteiger partial charge on any atom is 0.254 e. The number of thiophene rings is 1. The highest BCUT2D eigenvalue weighted by Crippen LogP contribution is 2.21. The lowest BCUT2D eigenvalue weighted by molar-refractivity contribution is -0.121. The molecule has 0 bridgehead atoms. The predicted molar refractivity (Wildman–Crippen MR) is 81.2 cm³/mol. The third-order valence-electron chi connectivity index (χ3n) is 3.05. The van der Waals surface area contributed by atoms with Gasteiger partial charge in [0.1, 0.15) is 6.26 Å². The molecule has 0 aliphatic heterocycles. The average molecular weight is 306 g/mol. The summed E-state index contributed by atoms with van der Waals surface area (Å²) in [7, 11) is 0. The van der Waals surface area contributed by atoms with Crippen LogP contribution >= 0.6 is 11.3 Å². The molecule has 2 N–H and O–H groups in total. The molecule has 0 aromatic carbocycles. The van der Waals surface area contributed by atoms with Crippen LogP contribution in [0.25, 0.3) is 0 Å². The van der Waals surface area contributed by atoms with Crippen molar-refractivity contribution < 1.29 is 14.0 Å². The largest absolute Gasteiger partial charge is 0.472 e. The van der Waals surface area contributed by atoms with Crippen molar-refractivity contribution in [1.82, 2.24) is 10.6 Å². The van der Waals surface area contributed by atoms with Crippen molar-refractivity contribution in [3.8, 4) is 0 Å². The number of carbonyl (C=O) groups excluding carboxylic acids is 2. The molecule has 2 amide bonds. The van der Waals surface area contributed by atoms with Gasteiger partial charge in [-0.3, -0.25) is 9.59 Å². The van der Waals surface area contributed by atoms with Crippen LogP contribution in [0.3, 0.4) is 0 Å². The molecule has 2 aromatic rings. The van der Waals surface area contributed by atoms with Crippen LogP contribution < -0.4 is 10.6 Å². The maximum atomic E-state index is 11.9. The lowest BCUT2D eigenvalue weighted by Gasteiger charge is -2.15. The molecule has 21 heavy (non-hydrogen) atoms. The zero-order chi connectivity index (χ0) is 15.1. The summed E-state index contributed by atoms with van der Waals surface area (Å²) < 4.78 is 4.83. The molecule has 0 saturated carbocycles. The van der Waals surface area contributed by atoms with Crippen molar-refractivity contribution >= 4 is 23.2 Å². The average Bonchev–Trinajstić information content (AvgIpc) is 3.17. The van der Waals surface area contributed by atoms with Crippen LogP contribution in [-0.2, 0) is 4.79 Å². The van der Waals surface area contributed by atoms with Gasteiger partial charge in [0.05, 0.1) is 17.9 Å². The lowest BCUT2D eigenvalue weighted by atomic mass is 10.2. The Morgan fingerprint density at radius 3 is 2.86 bits per heavy atom. The second-order valence-electron chi connectivity index (χ2n) is 4.56. The molecule has 112 valence electrons. The zero-order valence-electron chi connectivity index (χ0n) is 11.8. The Morgan fingerprint density at radius 1 is 1.38 bits per heavy atom. The van der Waals surface area contributed by atoms with E-state index in [4.69, 9.17) is 4.42 Å². The van der Waals surface area contributed by atoms with Gasteiger partial charge >= 0.3 is 0 Å². The first kappa shape index (κ1) is 15.3. The first-order valence-corrected chi connectivity index (χ1v) is 7.71. The predicted octanol–water partition coefficient (Wildman–Crippen LogP) is 2.73. The second kappa shape index (κ2) is 7.64. The number of hydrogen-bond donors (Lipinski definition) is 2. The van der Waals surface area contributed by atoms with Gasteiger partial charge in [-0.1, -0.05) is 13.0 Å². The fourth-order valence-corrected chi connectivity index (χ4v) is 2.78. The van der Waals surface area contributed by atoms with Crippen molar-refractivity contribution in [3.63, 3.8) is 0 Å². The molecule has 2 aromatic heterocycles. The molecular weight excluding hydrogens is 288 g/mol. The highest BCUT2D eigenvalue weighted by Gasteiger charge is 2.13. The third-order valence-corrected chi connectivity index (χ3v) is 4.04. The molecule has 1 unspecified atom stereocenters. The van der Waals surface area contributed by atoms with Crippen LogP contribution in [0.15, 0.2) is 40.5 Å². The Kier molecular flexibility index (Phi) is 5.57. The summed E-state index contributed by atoms with van der Waals surface area (Å²) in [5.74, 6) is -0.301. The number of amides is 2. The van der Waals surface area contributed by atoms with E-state index in [9.17, 15) is 9.59 Å². The van der Waals surface area contributed by atoms with E-state index in [2.05, 4.69) is 10.6 Å². The van der Waals surface area contributed by atoms with Crippen LogP contribution in [0.4, 0.5) is 0 Å². The summed E-state index contributed by atoms with van der Waals surface area (Å²) in [4.78, 5) is 24.7. The fraction of sp³-hybridized carbons (Fsp3) is 0.333. The van der Waals surface area contributed by atoms with Crippen LogP contribution in [0.2, 0.25) is 0 Å². The minimum Gasteiger partial charge on any atom is -0.472 e. The molecule has 2 rings (SSSR count). The number of carbonyl (C=O) groups is 2. The van der Waals surface area contributed by atoms with E-state index in [-0.39, 0.29) is 24.3 Å². The van der Waals surface area contributed by atoms with Gasteiger partial charge in [0.25, 0.3) is 5.91 Å². The quantitative estimate of drug-likeness (QED) is 0.826. The smallest absolute Gasteiger partial charge is 0.254 e. The molecular formula is C15H18N2O3S. The molecule has 0 spiro atoms. The standard InChI is InChI=1S/C15H18N2O3S/c1-2-12(13-4-3-9-21-13)17-14(18)5-7-16-15(19)11-6-8-20-10-11/h3-4,6,8-10,12H,2,5,7H2,1H3,(H,16,19)(H,17,18). The summed E-state index contributed by atoms with van der Waals surface area (Å²) in [6.07, 6.45) is 3.91. The number of hydrogen-bond acceptors (Lipinski definition) is 4. The van der Waals surface area contributed by atoms with E-state index >= 15 is 0 Å². The Bertz CT molecular complexity index is 564. The fourth-order valence-electron chi connectivity index (χ4n) is 1.92. The molecule has 0 aliphatic rings. The summed E-state index contributed by atoms with van der Waals surface area (Å²) >= 11 is 1.63. The normalized spacial score (nSPS) is 11.9. The second-order valence-corrected chi connectivity index (χ2v) is 5.54. The first-order chi connectivity index (χ1) is 10.2. The Balaban J connectivity index is 1.73. The van der Waals surface area contributed by atoms with Crippen molar-refractivity contribution in [1.29, 1.82) is 0 Å². The molecule has 0 radical (unpaired) electrons. The van der Waals surface area contributed by atoms with Crippen molar-refractivity contribution in [2.24, 2.45) is 0 Å². The van der Waals surface area contributed by atoms with Crippen molar-refractivity contribution in [2.75, 3.05) is 6.54 Å². The van der Waals surface area contributed by atoms with Crippen LogP contribution in [0.5, 0.6) is 0 Å². The molecule has 5 nitrogen and oxygen atoms in total. The zero-order valence-corrected chi connectivity index (χ0v) is 12.6. The van der Waals surface area contributed by atoms with Crippen LogP contribution in [0.1, 0.15) is 41.0 Å². The van der Waals surface area contributed by atoms with E-state index in [0.717, 1.165) is 11.3 Å². The van der Waals surface area contributed by atoms with Crippen molar-refractivity contribution in [3.05, 3.63) is 46.5 Å². The molecule has 6 heteroatoms. The van der Waals surface area contributed by atoms with Gasteiger partial charge in [-0.25, -0.2) is 0 Å². The molecule has 2 heterocycles. The summed E-state index contributed by atoms with van der Waals surface area (Å²) in [5.41, 5.74) is 0.459. The number of nitrogens with one attached hydrogen (secondary N) is 2. The SMILES string of the molecule is CCC(NC(=O)CCNC(=O)c1ccoc1)c1cccs1. The number of rotatable bonds is 7. The minimum atomic E-state index is -0.234. The van der Waals surface area contributed by atoms with E-state index < -0.39 is 0 Å². The van der Waals surface area contributed by atoms with E-state index in [1.54, 1.807) is 17.4 Å². The lowest BCUT2D eigenvalue weighted by Crippen LogP contribution is -2.32. The van der Waals surface area contributed by atoms with E-state index in [1.165, 1.54) is 12.5 Å². The molecule has 1 atom stereocenters. The Morgan fingerprint density at radius 2 is 2.24 bits per heavy atom. The third kappa shape index (κ3) is 4.46. The monoisotopic (exact) mass is 306 g/mol. The highest BCUT2D eigenvalue weighted by molar-refractivity contribution is 7.10. The Labute approximate surface area is 127 Å². The summed E-state index contributed by atoms with van der Waals surface area (Å²) in [6, 6.07) is 5.61. The minimum absolute atomic E-state index is 0.0436. The van der Waals surface area contributed by atoms with E-state index in [1.807, 2.05) is 24.4 Å². The topological polar surface area (TPSA) is 71.3 Å². The van der Waals surface area contributed by atoms with Gasteiger partial charge in [-0.2, -0.15) is 0 Å². The van der Waals surface area contributed by atoms with Crippen LogP contribution in [0, 0.1) is 0 Å². The maximum absolute atomic E-state index is 11.9. The molecule has 0 aliphatic carbocycles. The van der Waals surface area contributed by atoms with Gasteiger partial charge in [0, 0.05) is 17.8 Å². The highest BCUT2D eigenvalue weighted by atomic mass is 32.1. The number of furan rings is 1. The summed E-state index contributed by atoms with van der Waals surface area (Å²) in [6.45, 7) is 2.34. The summed E-state index contributed by atoms with van der Waals surface area (Å²) in [5, 5.41) is 7.66. The van der Waals surface area contributed by atoms with Gasteiger partial charge < -0.3 is 15.1 Å². The van der Waals surface area contributed by atoms with E-state index in [0.29, 0.717) is 12.1 Å². The first-order valence-electron chi connectivity index (χ1n) is 6.84. The van der Waals surface area contributed by atoms with Gasteiger partial charge in [-0.15, -0.1) is 11.3 Å². The van der Waals surface area contributed by atoms with Gasteiger partial charge in [0.15, 0.2) is 0 Å². The molecule has 0 saturated heterocycles. The van der Waals surface area contributed by atoms with Crippen LogP contribution in [-0.4, -0.2) is 18.4 Å². The van der Waals surface area contributed by atoms with Gasteiger partial charge in [-0.05, 0) is 23.9 Å². The molecule has 0 fully saturated rings. The Hall–Kier alpha value is -2.08. The van der Waals surface area contributed by atoms with Crippen molar-refractivity contribution in [2.45, 2.75) is 25.8 Å². The van der Waals surface area contributed by atoms with Gasteiger partial charge in [0.2, 0.25) is 5.91 Å².